The van der Waals surface area contributed by atoms with Crippen LogP contribution >= 0.6 is 0 Å². The van der Waals surface area contributed by atoms with Crippen LogP contribution in [0.2, 0.25) is 0 Å². The van der Waals surface area contributed by atoms with Crippen LogP contribution in [0, 0.1) is 12.7 Å². The van der Waals surface area contributed by atoms with Crippen molar-refractivity contribution in [3.05, 3.63) is 83.3 Å². The smallest absolute Gasteiger partial charge is 0.383 e. The number of fused-ring (bicyclic) bond motifs is 1. The number of hydrogen-bond donors (Lipinski definition) is 2. The van der Waals surface area contributed by atoms with E-state index in [9.17, 15) is 22.4 Å². The van der Waals surface area contributed by atoms with Crippen molar-refractivity contribution in [3.8, 4) is 11.1 Å². The van der Waals surface area contributed by atoms with Crippen LogP contribution < -0.4 is 10.6 Å². The number of ether oxygens (including phenoxy) is 1. The van der Waals surface area contributed by atoms with E-state index in [1.54, 1.807) is 25.4 Å². The van der Waals surface area contributed by atoms with Gasteiger partial charge in [0.25, 0.3) is 5.91 Å². The predicted octanol–water partition coefficient (Wildman–Crippen LogP) is 6.07. The second kappa shape index (κ2) is 10.3. The molecule has 0 bridgehead atoms. The fourth-order valence-electron chi connectivity index (χ4n) is 3.67. The number of carbonyl (C=O) groups is 1. The number of aromatic nitrogens is 2. The maximum absolute atomic E-state index is 14.4. The fourth-order valence-corrected chi connectivity index (χ4v) is 3.67. The molecular formula is C26H22F4N4O2. The highest BCUT2D eigenvalue weighted by Gasteiger charge is 2.35. The van der Waals surface area contributed by atoms with E-state index in [1.165, 1.54) is 6.07 Å². The Morgan fingerprint density at radius 1 is 1.08 bits per heavy atom. The van der Waals surface area contributed by atoms with E-state index in [1.807, 2.05) is 25.1 Å². The second-order valence-corrected chi connectivity index (χ2v) is 8.04. The van der Waals surface area contributed by atoms with Gasteiger partial charge in [0.05, 0.1) is 23.4 Å². The van der Waals surface area contributed by atoms with Gasteiger partial charge in [-0.15, -0.1) is 0 Å². The highest BCUT2D eigenvalue weighted by Crippen LogP contribution is 2.34. The molecule has 4 aromatic rings. The molecule has 3 aromatic carbocycles. The maximum Gasteiger partial charge on any atom is 0.419 e. The molecule has 10 heteroatoms. The van der Waals surface area contributed by atoms with Gasteiger partial charge in [-0.25, -0.2) is 14.4 Å². The number of carbonyl (C=O) groups excluding carboxylic acids is 1. The van der Waals surface area contributed by atoms with Gasteiger partial charge in [0.1, 0.15) is 0 Å². The summed E-state index contributed by atoms with van der Waals surface area (Å²) in [6, 6.07) is 13.2. The lowest BCUT2D eigenvalue weighted by atomic mass is 9.97. The van der Waals surface area contributed by atoms with E-state index in [0.29, 0.717) is 25.2 Å². The molecule has 0 aliphatic heterocycles. The minimum Gasteiger partial charge on any atom is -0.383 e. The van der Waals surface area contributed by atoms with Gasteiger partial charge in [0.15, 0.2) is 5.82 Å². The number of alkyl halides is 3. The maximum atomic E-state index is 14.4. The minimum absolute atomic E-state index is 0.168. The van der Waals surface area contributed by atoms with E-state index < -0.39 is 29.2 Å². The van der Waals surface area contributed by atoms with E-state index in [4.69, 9.17) is 4.74 Å². The highest BCUT2D eigenvalue weighted by atomic mass is 19.4. The Morgan fingerprint density at radius 3 is 2.64 bits per heavy atom. The third kappa shape index (κ3) is 5.44. The molecule has 1 aromatic heterocycles. The number of nitrogens with one attached hydrogen (secondary N) is 2. The van der Waals surface area contributed by atoms with Gasteiger partial charge >= 0.3 is 6.18 Å². The Hall–Kier alpha value is -4.05. The highest BCUT2D eigenvalue weighted by molar-refractivity contribution is 6.05. The van der Waals surface area contributed by atoms with Crippen molar-refractivity contribution in [1.82, 2.24) is 9.97 Å². The first-order valence-electron chi connectivity index (χ1n) is 10.9. The van der Waals surface area contributed by atoms with E-state index >= 15 is 0 Å². The number of halogens is 4. The molecule has 4 rings (SSSR count). The third-order valence-corrected chi connectivity index (χ3v) is 5.53. The van der Waals surface area contributed by atoms with Crippen LogP contribution in [0.15, 0.2) is 60.8 Å². The molecule has 36 heavy (non-hydrogen) atoms. The Morgan fingerprint density at radius 2 is 1.89 bits per heavy atom. The molecule has 6 nitrogen and oxygen atoms in total. The zero-order valence-electron chi connectivity index (χ0n) is 19.4. The van der Waals surface area contributed by atoms with Gasteiger partial charge < -0.3 is 15.4 Å². The van der Waals surface area contributed by atoms with Crippen LogP contribution in [0.1, 0.15) is 21.5 Å². The summed E-state index contributed by atoms with van der Waals surface area (Å²) in [7, 11) is 1.61. The number of rotatable bonds is 7. The van der Waals surface area contributed by atoms with E-state index in [-0.39, 0.29) is 5.56 Å². The molecule has 0 spiro atoms. The fraction of sp³-hybridized carbons (Fsp3) is 0.192. The first-order chi connectivity index (χ1) is 17.2. The average Bonchev–Trinajstić information content (AvgIpc) is 2.84. The van der Waals surface area contributed by atoms with Gasteiger partial charge in [0, 0.05) is 30.8 Å². The Kier molecular flexibility index (Phi) is 7.16. The lowest BCUT2D eigenvalue weighted by Crippen LogP contribution is -2.16. The molecule has 2 N–H and O–H groups in total. The summed E-state index contributed by atoms with van der Waals surface area (Å²) in [5, 5.41) is 6.09. The van der Waals surface area contributed by atoms with Crippen molar-refractivity contribution in [1.29, 1.82) is 0 Å². The monoisotopic (exact) mass is 498 g/mol. The van der Waals surface area contributed by atoms with Gasteiger partial charge in [-0.3, -0.25) is 4.79 Å². The quantitative estimate of drug-likeness (QED) is 0.239. The lowest BCUT2D eigenvalue weighted by Gasteiger charge is -2.13. The van der Waals surface area contributed by atoms with Gasteiger partial charge in [-0.2, -0.15) is 13.2 Å². The molecular weight excluding hydrogens is 476 g/mol. The molecule has 1 heterocycles. The summed E-state index contributed by atoms with van der Waals surface area (Å²) >= 11 is 0. The molecule has 0 saturated carbocycles. The predicted molar refractivity (Wildman–Crippen MR) is 129 cm³/mol. The van der Waals surface area contributed by atoms with E-state index in [0.717, 1.165) is 39.7 Å². The minimum atomic E-state index is -4.87. The van der Waals surface area contributed by atoms with Crippen molar-refractivity contribution >= 4 is 28.4 Å². The molecule has 0 unspecified atom stereocenters. The molecule has 0 saturated heterocycles. The largest absolute Gasteiger partial charge is 0.419 e. The normalized spacial score (nSPS) is 11.5. The van der Waals surface area contributed by atoms with Crippen molar-refractivity contribution in [3.63, 3.8) is 0 Å². The molecule has 0 radical (unpaired) electrons. The summed E-state index contributed by atoms with van der Waals surface area (Å²) in [5.74, 6) is -1.79. The number of hydrogen-bond acceptors (Lipinski definition) is 5. The SMILES string of the molecule is COCCNc1ncc2cc(-c3cc(C(=O)Nc4cccc(C(F)(F)F)c4F)ccc3C)ccc2n1. The average molecular weight is 498 g/mol. The number of anilines is 2. The summed E-state index contributed by atoms with van der Waals surface area (Å²) in [6.45, 7) is 2.95. The Labute approximate surface area is 204 Å². The molecule has 186 valence electrons. The van der Waals surface area contributed by atoms with Crippen LogP contribution in [0.4, 0.5) is 29.2 Å². The Balaban J connectivity index is 1.60. The molecule has 0 aliphatic rings. The zero-order valence-corrected chi connectivity index (χ0v) is 19.4. The van der Waals surface area contributed by atoms with Crippen LogP contribution in [-0.4, -0.2) is 36.1 Å². The van der Waals surface area contributed by atoms with Crippen molar-refractivity contribution in [2.75, 3.05) is 30.9 Å². The summed E-state index contributed by atoms with van der Waals surface area (Å²) in [6.07, 6.45) is -3.19. The summed E-state index contributed by atoms with van der Waals surface area (Å²) in [4.78, 5) is 21.6. The molecule has 0 fully saturated rings. The number of methoxy groups -OCH3 is 1. The van der Waals surface area contributed by atoms with Gasteiger partial charge in [0.2, 0.25) is 5.95 Å². The van der Waals surface area contributed by atoms with Crippen molar-refractivity contribution in [2.45, 2.75) is 13.1 Å². The summed E-state index contributed by atoms with van der Waals surface area (Å²) < 4.78 is 58.4. The van der Waals surface area contributed by atoms with Crippen LogP contribution in [0.3, 0.4) is 0 Å². The van der Waals surface area contributed by atoms with E-state index in [2.05, 4.69) is 20.6 Å². The van der Waals surface area contributed by atoms with Crippen molar-refractivity contribution in [2.24, 2.45) is 0 Å². The number of amides is 1. The summed E-state index contributed by atoms with van der Waals surface area (Å²) in [5.41, 5.74) is 1.30. The number of nitrogens with zero attached hydrogens (tertiary/aromatic N) is 2. The second-order valence-electron chi connectivity index (χ2n) is 8.04. The topological polar surface area (TPSA) is 76.1 Å². The molecule has 1 amide bonds. The number of aryl methyl sites for hydroxylation is 1. The molecule has 0 atom stereocenters. The van der Waals surface area contributed by atoms with Crippen LogP contribution in [0.25, 0.3) is 22.0 Å². The van der Waals surface area contributed by atoms with Crippen LogP contribution in [0.5, 0.6) is 0 Å². The third-order valence-electron chi connectivity index (χ3n) is 5.53. The van der Waals surface area contributed by atoms with Gasteiger partial charge in [-0.05, 0) is 60.0 Å². The zero-order chi connectivity index (χ0) is 25.9. The van der Waals surface area contributed by atoms with Crippen molar-refractivity contribution < 1.29 is 27.1 Å². The Bertz CT molecular complexity index is 1420. The first kappa shape index (κ1) is 25.1. The first-order valence-corrected chi connectivity index (χ1v) is 10.9. The van der Waals surface area contributed by atoms with Gasteiger partial charge in [-0.1, -0.05) is 18.2 Å². The van der Waals surface area contributed by atoms with Crippen LogP contribution in [-0.2, 0) is 10.9 Å². The molecule has 0 aliphatic carbocycles. The lowest BCUT2D eigenvalue weighted by molar-refractivity contribution is -0.139. The number of benzene rings is 3. The standard InChI is InChI=1S/C26H22F4N4O2/c1-15-6-7-17(24(35)33-22-5-3-4-20(23(22)27)26(28,29)30)13-19(15)16-8-9-21-18(12-16)14-32-25(34-21)31-10-11-36-2/h3-9,12-14H,10-11H2,1-2H3,(H,33,35)(H,31,32,34).